The van der Waals surface area contributed by atoms with E-state index < -0.39 is 31.8 Å². The van der Waals surface area contributed by atoms with Crippen LogP contribution < -0.4 is 4.90 Å². The number of amides is 1. The molecule has 2 rings (SSSR count). The van der Waals surface area contributed by atoms with E-state index in [1.165, 1.54) is 6.07 Å². The Morgan fingerprint density at radius 3 is 2.53 bits per heavy atom. The van der Waals surface area contributed by atoms with Gasteiger partial charge in [-0.2, -0.15) is 0 Å². The minimum atomic E-state index is -3.88. The summed E-state index contributed by atoms with van der Waals surface area (Å²) in [5.74, 6) is -2.72. The number of rotatable bonds is 2. The lowest BCUT2D eigenvalue weighted by molar-refractivity contribution is -0.117. The van der Waals surface area contributed by atoms with Gasteiger partial charge in [0.2, 0.25) is 15.0 Å². The highest BCUT2D eigenvalue weighted by Crippen LogP contribution is 2.34. The van der Waals surface area contributed by atoms with E-state index in [2.05, 4.69) is 15.9 Å². The lowest BCUT2D eigenvalue weighted by Crippen LogP contribution is -2.27. The zero-order chi connectivity index (χ0) is 14.4. The number of hydrogen-bond acceptors (Lipinski definition) is 3. The third-order valence-corrected chi connectivity index (χ3v) is 5.42. The highest BCUT2D eigenvalue weighted by atomic mass is 79.9. The third kappa shape index (κ3) is 2.75. The van der Waals surface area contributed by atoms with Crippen LogP contribution in [-0.2, 0) is 13.8 Å². The highest BCUT2D eigenvalue weighted by Gasteiger charge is 2.39. The van der Waals surface area contributed by atoms with Gasteiger partial charge in [-0.15, -0.1) is 0 Å². The van der Waals surface area contributed by atoms with E-state index in [-0.39, 0.29) is 23.1 Å². The maximum Gasteiger partial charge on any atom is 0.237 e. The minimum absolute atomic E-state index is 0.0757. The fourth-order valence-corrected chi connectivity index (χ4v) is 3.38. The van der Waals surface area contributed by atoms with Gasteiger partial charge in [-0.3, -0.25) is 4.79 Å². The summed E-state index contributed by atoms with van der Waals surface area (Å²) in [4.78, 5) is 12.8. The van der Waals surface area contributed by atoms with Crippen LogP contribution in [0.5, 0.6) is 0 Å². The molecular formula is C10H7BrClF2NO3S. The van der Waals surface area contributed by atoms with Crippen molar-refractivity contribution >= 4 is 47.3 Å². The number of anilines is 1. The van der Waals surface area contributed by atoms with Crippen LogP contribution in [0.4, 0.5) is 14.5 Å². The van der Waals surface area contributed by atoms with E-state index in [0.717, 1.165) is 11.0 Å². The van der Waals surface area contributed by atoms with Crippen molar-refractivity contribution in [1.82, 2.24) is 0 Å². The van der Waals surface area contributed by atoms with E-state index >= 15 is 0 Å². The van der Waals surface area contributed by atoms with E-state index in [4.69, 9.17) is 10.7 Å². The van der Waals surface area contributed by atoms with Crippen LogP contribution in [0.15, 0.2) is 16.6 Å². The van der Waals surface area contributed by atoms with Gasteiger partial charge in [-0.05, 0) is 28.1 Å². The highest BCUT2D eigenvalue weighted by molar-refractivity contribution is 9.10. The first kappa shape index (κ1) is 14.7. The van der Waals surface area contributed by atoms with Crippen molar-refractivity contribution in [2.45, 2.75) is 11.7 Å². The van der Waals surface area contributed by atoms with Gasteiger partial charge in [-0.25, -0.2) is 17.2 Å². The van der Waals surface area contributed by atoms with Crippen molar-refractivity contribution < 1.29 is 22.0 Å². The summed E-state index contributed by atoms with van der Waals surface area (Å²) in [5, 5.41) is -1.05. The van der Waals surface area contributed by atoms with Crippen LogP contribution >= 0.6 is 26.6 Å². The van der Waals surface area contributed by atoms with Crippen LogP contribution in [0.3, 0.4) is 0 Å². The molecule has 19 heavy (non-hydrogen) atoms. The fraction of sp³-hybridized carbons (Fsp3) is 0.300. The van der Waals surface area contributed by atoms with Crippen LogP contribution in [0, 0.1) is 11.6 Å². The predicted molar refractivity (Wildman–Crippen MR) is 69.6 cm³/mol. The average molecular weight is 375 g/mol. The second-order valence-electron chi connectivity index (χ2n) is 4.00. The quantitative estimate of drug-likeness (QED) is 0.590. The van der Waals surface area contributed by atoms with Crippen molar-refractivity contribution in [1.29, 1.82) is 0 Å². The van der Waals surface area contributed by atoms with Gasteiger partial charge in [-0.1, -0.05) is 0 Å². The Bertz CT molecular complexity index is 652. The summed E-state index contributed by atoms with van der Waals surface area (Å²) in [5.41, 5.74) is 0.0757. The van der Waals surface area contributed by atoms with Crippen LogP contribution in [0.1, 0.15) is 6.42 Å². The van der Waals surface area contributed by atoms with E-state index in [0.29, 0.717) is 0 Å². The molecule has 0 aliphatic carbocycles. The van der Waals surface area contributed by atoms with Gasteiger partial charge in [0, 0.05) is 23.6 Å². The van der Waals surface area contributed by atoms with Crippen LogP contribution in [-0.4, -0.2) is 26.1 Å². The predicted octanol–water partition coefficient (Wildman–Crippen LogP) is 2.40. The molecule has 0 N–H and O–H groups in total. The number of carbonyl (C=O) groups is 1. The summed E-state index contributed by atoms with van der Waals surface area (Å²) >= 11 is 2.85. The Labute approximate surface area is 120 Å². The summed E-state index contributed by atoms with van der Waals surface area (Å²) in [6.45, 7) is -0.186. The molecule has 1 aromatic carbocycles. The lowest BCUT2D eigenvalue weighted by Gasteiger charge is -2.18. The molecule has 0 spiro atoms. The summed E-state index contributed by atoms with van der Waals surface area (Å²) in [6.07, 6.45) is -0.280. The normalized spacial score (nSPS) is 20.1. The molecule has 1 aliphatic rings. The minimum Gasteiger partial charge on any atom is -0.310 e. The third-order valence-electron chi connectivity index (χ3n) is 2.79. The van der Waals surface area contributed by atoms with E-state index in [1.54, 1.807) is 0 Å². The molecule has 104 valence electrons. The molecule has 1 aromatic rings. The van der Waals surface area contributed by atoms with Crippen LogP contribution in [0.25, 0.3) is 0 Å². The van der Waals surface area contributed by atoms with Crippen molar-refractivity contribution in [2.24, 2.45) is 0 Å². The molecule has 0 aromatic heterocycles. The number of carbonyl (C=O) groups excluding carboxylic acids is 1. The van der Waals surface area contributed by atoms with Gasteiger partial charge < -0.3 is 4.90 Å². The monoisotopic (exact) mass is 373 g/mol. The smallest absolute Gasteiger partial charge is 0.237 e. The summed E-state index contributed by atoms with van der Waals surface area (Å²) in [6, 6.07) is 2.06. The number of hydrogen-bond donors (Lipinski definition) is 0. The van der Waals surface area contributed by atoms with Crippen LogP contribution in [0.2, 0.25) is 0 Å². The Balaban J connectivity index is 2.39. The van der Waals surface area contributed by atoms with Crippen molar-refractivity contribution in [3.8, 4) is 0 Å². The first-order valence-electron chi connectivity index (χ1n) is 5.09. The SMILES string of the molecule is O=C1CC(S(=O)(=O)Cl)CN1c1ccc(F)c(F)c1Br. The molecule has 0 saturated carbocycles. The molecule has 4 nitrogen and oxygen atoms in total. The Hall–Kier alpha value is -0.730. The largest absolute Gasteiger partial charge is 0.310 e. The molecule has 1 unspecified atom stereocenters. The van der Waals surface area contributed by atoms with Crippen molar-refractivity contribution in [3.05, 3.63) is 28.2 Å². The number of nitrogens with zero attached hydrogens (tertiary/aromatic N) is 1. The molecular weight excluding hydrogens is 368 g/mol. The first-order chi connectivity index (χ1) is 8.71. The molecule has 0 radical (unpaired) electrons. The maximum atomic E-state index is 13.4. The van der Waals surface area contributed by atoms with Crippen molar-refractivity contribution in [3.63, 3.8) is 0 Å². The molecule has 1 fully saturated rings. The molecule has 1 saturated heterocycles. The number of halogens is 4. The second-order valence-corrected chi connectivity index (χ2v) is 7.70. The molecule has 9 heteroatoms. The molecule has 1 atom stereocenters. The Morgan fingerprint density at radius 1 is 1.37 bits per heavy atom. The molecule has 0 bridgehead atoms. The van der Waals surface area contributed by atoms with Gasteiger partial charge in [0.1, 0.15) is 5.25 Å². The topological polar surface area (TPSA) is 54.5 Å². The molecule has 1 amide bonds. The fourth-order valence-electron chi connectivity index (χ4n) is 1.82. The first-order valence-corrected chi connectivity index (χ1v) is 8.25. The summed E-state index contributed by atoms with van der Waals surface area (Å²) < 4.78 is 48.6. The van der Waals surface area contributed by atoms with Gasteiger partial charge in [0.15, 0.2) is 11.6 Å². The molecule has 1 heterocycles. The summed E-state index contributed by atoms with van der Waals surface area (Å²) in [7, 11) is 1.32. The van der Waals surface area contributed by atoms with Gasteiger partial charge in [0.25, 0.3) is 0 Å². The Kier molecular flexibility index (Phi) is 3.85. The standard InChI is InChI=1S/C10H7BrClF2NO3S/c11-9-7(2-1-6(13)10(9)14)15-4-5(3-8(15)16)19(12,17)18/h1-2,5H,3-4H2. The average Bonchev–Trinajstić information content (AvgIpc) is 2.68. The van der Waals surface area contributed by atoms with Gasteiger partial charge >= 0.3 is 0 Å². The van der Waals surface area contributed by atoms with E-state index in [1.807, 2.05) is 0 Å². The second kappa shape index (κ2) is 4.99. The molecule has 1 aliphatic heterocycles. The zero-order valence-electron chi connectivity index (χ0n) is 9.24. The van der Waals surface area contributed by atoms with Crippen molar-refractivity contribution in [2.75, 3.05) is 11.4 Å². The zero-order valence-corrected chi connectivity index (χ0v) is 12.4. The number of benzene rings is 1. The van der Waals surface area contributed by atoms with Gasteiger partial charge in [0.05, 0.1) is 10.2 Å². The maximum absolute atomic E-state index is 13.4. The Morgan fingerprint density at radius 2 is 2.00 bits per heavy atom. The van der Waals surface area contributed by atoms with E-state index in [9.17, 15) is 22.0 Å². The lowest BCUT2D eigenvalue weighted by atomic mass is 10.3.